The van der Waals surface area contributed by atoms with Gasteiger partial charge in [0.05, 0.1) is 22.1 Å². The Kier molecular flexibility index (Phi) is 8.04. The van der Waals surface area contributed by atoms with Gasteiger partial charge in [-0.2, -0.15) is 0 Å². The van der Waals surface area contributed by atoms with E-state index >= 15 is 0 Å². The first-order chi connectivity index (χ1) is 28.8. The molecule has 4 bridgehead atoms. The van der Waals surface area contributed by atoms with E-state index in [2.05, 4.69) is 130 Å². The van der Waals surface area contributed by atoms with Crippen molar-refractivity contribution in [1.82, 2.24) is 29.1 Å². The van der Waals surface area contributed by atoms with Gasteiger partial charge in [0.15, 0.2) is 11.6 Å². The highest BCUT2D eigenvalue weighted by atomic mass is 15.0. The third kappa shape index (κ3) is 5.74. The highest BCUT2D eigenvalue weighted by Crippen LogP contribution is 2.39. The lowest BCUT2D eigenvalue weighted by atomic mass is 9.97. The van der Waals surface area contributed by atoms with Crippen molar-refractivity contribution in [1.29, 1.82) is 0 Å². The Hall–Kier alpha value is -7.96. The second-order valence-corrected chi connectivity index (χ2v) is 14.4. The van der Waals surface area contributed by atoms with Gasteiger partial charge >= 0.3 is 0 Å². The molecule has 0 amide bonds. The van der Waals surface area contributed by atoms with Gasteiger partial charge in [-0.25, -0.2) is 19.9 Å². The first kappa shape index (κ1) is 33.4. The van der Waals surface area contributed by atoms with Crippen molar-refractivity contribution in [3.63, 3.8) is 0 Å². The molecule has 6 nitrogen and oxygen atoms in total. The molecule has 0 atom stereocenters. The average Bonchev–Trinajstić information content (AvgIpc) is 3.30. The molecule has 0 fully saturated rings. The fourth-order valence-corrected chi connectivity index (χ4v) is 8.19. The molecule has 0 spiro atoms. The largest absolute Gasteiger partial charge is 0.309 e. The van der Waals surface area contributed by atoms with E-state index in [1.54, 1.807) is 0 Å². The summed E-state index contributed by atoms with van der Waals surface area (Å²) >= 11 is 0. The van der Waals surface area contributed by atoms with E-state index in [9.17, 15) is 0 Å². The van der Waals surface area contributed by atoms with Crippen LogP contribution in [0, 0.1) is 0 Å². The molecule has 0 aliphatic rings. The lowest BCUT2D eigenvalue weighted by Gasteiger charge is -2.21. The maximum atomic E-state index is 4.89. The molecule has 3 heterocycles. The van der Waals surface area contributed by atoms with Gasteiger partial charge in [-0.15, -0.1) is 0 Å². The average molecular weight is 743 g/mol. The van der Waals surface area contributed by atoms with Crippen molar-refractivity contribution in [2.24, 2.45) is 0 Å². The zero-order valence-corrected chi connectivity index (χ0v) is 31.3. The molecule has 8 aromatic carbocycles. The number of nitrogens with zero attached hydrogens (tertiary/aromatic N) is 6. The van der Waals surface area contributed by atoms with Gasteiger partial charge in [0, 0.05) is 80.3 Å². The Balaban J connectivity index is 1.29. The molecule has 11 aromatic rings. The molecule has 0 saturated heterocycles. The van der Waals surface area contributed by atoms with E-state index in [0.717, 1.165) is 88.4 Å². The first-order valence-corrected chi connectivity index (χ1v) is 19.4. The smallest absolute Gasteiger partial charge is 0.159 e. The zero-order valence-electron chi connectivity index (χ0n) is 31.3. The first-order valence-electron chi connectivity index (χ1n) is 19.4. The van der Waals surface area contributed by atoms with Crippen LogP contribution in [-0.4, -0.2) is 29.1 Å². The molecular formula is C52H34N6. The molecule has 0 aliphatic heterocycles. The summed E-state index contributed by atoms with van der Waals surface area (Å²) in [5.41, 5.74) is 12.2. The van der Waals surface area contributed by atoms with Crippen molar-refractivity contribution in [2.45, 2.75) is 0 Å². The summed E-state index contributed by atoms with van der Waals surface area (Å²) in [5, 5.41) is 4.41. The highest BCUT2D eigenvalue weighted by molar-refractivity contribution is 6.09. The molecule has 272 valence electrons. The van der Waals surface area contributed by atoms with Crippen LogP contribution < -0.4 is 0 Å². The number of hydrogen-bond donors (Lipinski definition) is 0. The number of rotatable bonds is 6. The molecule has 58 heavy (non-hydrogen) atoms. The van der Waals surface area contributed by atoms with Crippen LogP contribution in [0.2, 0.25) is 0 Å². The summed E-state index contributed by atoms with van der Waals surface area (Å²) in [6.45, 7) is 0. The lowest BCUT2D eigenvalue weighted by Crippen LogP contribution is -2.04. The normalized spacial score (nSPS) is 11.4. The summed E-state index contributed by atoms with van der Waals surface area (Å²) in [7, 11) is 0. The maximum absolute atomic E-state index is 4.89. The summed E-state index contributed by atoms with van der Waals surface area (Å²) in [6, 6.07) is 63.9. The van der Waals surface area contributed by atoms with Crippen molar-refractivity contribution >= 4 is 43.6 Å². The maximum Gasteiger partial charge on any atom is 0.159 e. The third-order valence-electron chi connectivity index (χ3n) is 10.9. The van der Waals surface area contributed by atoms with Gasteiger partial charge in [-0.3, -0.25) is 0 Å². The van der Waals surface area contributed by atoms with Gasteiger partial charge in [0.1, 0.15) is 0 Å². The number of para-hydroxylation sites is 2. The Morgan fingerprint density at radius 2 is 0.655 bits per heavy atom. The number of benzene rings is 8. The Bertz CT molecular complexity index is 3060. The predicted octanol–water partition coefficient (Wildman–Crippen LogP) is 12.7. The van der Waals surface area contributed by atoms with Crippen LogP contribution in [0.15, 0.2) is 207 Å². The minimum atomic E-state index is 0.694. The van der Waals surface area contributed by atoms with Crippen molar-refractivity contribution in [3.8, 4) is 56.4 Å². The number of aromatic nitrogens is 6. The Morgan fingerprint density at radius 3 is 1.03 bits per heavy atom. The second kappa shape index (κ2) is 14.0. The number of fused-ring (bicyclic) bond motifs is 2. The Labute approximate surface area is 334 Å². The SMILES string of the molecule is c1ccc(-c2ncc(-c3cc4cccc5c4cc3n(-c3ccccc3)c3cccc4cc(-c6cnc(-c7ccccc7)nc6)c(cc43)n5-c3ccccc3)cn2)cc1. The van der Waals surface area contributed by atoms with E-state index in [1.807, 2.05) is 85.5 Å². The van der Waals surface area contributed by atoms with Gasteiger partial charge < -0.3 is 9.13 Å². The van der Waals surface area contributed by atoms with Crippen LogP contribution in [0.5, 0.6) is 0 Å². The van der Waals surface area contributed by atoms with Crippen LogP contribution in [0.4, 0.5) is 0 Å². The molecule has 0 N–H and O–H groups in total. The van der Waals surface area contributed by atoms with E-state index in [4.69, 9.17) is 19.9 Å². The minimum Gasteiger partial charge on any atom is -0.309 e. The van der Waals surface area contributed by atoms with E-state index in [0.29, 0.717) is 11.6 Å². The van der Waals surface area contributed by atoms with E-state index in [1.165, 1.54) is 0 Å². The topological polar surface area (TPSA) is 61.4 Å². The molecule has 0 radical (unpaired) electrons. The van der Waals surface area contributed by atoms with Crippen LogP contribution in [0.25, 0.3) is 100 Å². The highest BCUT2D eigenvalue weighted by Gasteiger charge is 2.18. The second-order valence-electron chi connectivity index (χ2n) is 14.4. The van der Waals surface area contributed by atoms with Crippen molar-refractivity contribution in [3.05, 3.63) is 207 Å². The minimum absolute atomic E-state index is 0.694. The fraction of sp³-hybridized carbons (Fsp3) is 0. The Morgan fingerprint density at radius 1 is 0.293 bits per heavy atom. The van der Waals surface area contributed by atoms with Crippen LogP contribution >= 0.6 is 0 Å². The van der Waals surface area contributed by atoms with Gasteiger partial charge in [0.2, 0.25) is 0 Å². The summed E-state index contributed by atoms with van der Waals surface area (Å²) in [5.74, 6) is 1.39. The zero-order chi connectivity index (χ0) is 38.4. The quantitative estimate of drug-likeness (QED) is 0.170. The number of hydrogen-bond acceptors (Lipinski definition) is 4. The van der Waals surface area contributed by atoms with Gasteiger partial charge in [0.25, 0.3) is 0 Å². The molecule has 11 rings (SSSR count). The fourth-order valence-electron chi connectivity index (χ4n) is 8.19. The molecular weight excluding hydrogens is 709 g/mol. The molecule has 6 heteroatoms. The molecule has 3 aromatic heterocycles. The van der Waals surface area contributed by atoms with Crippen molar-refractivity contribution in [2.75, 3.05) is 0 Å². The van der Waals surface area contributed by atoms with Crippen LogP contribution in [0.1, 0.15) is 0 Å². The van der Waals surface area contributed by atoms with Crippen LogP contribution in [-0.2, 0) is 0 Å². The molecule has 0 saturated carbocycles. The van der Waals surface area contributed by atoms with Gasteiger partial charge in [-0.05, 0) is 71.4 Å². The molecule has 0 aliphatic carbocycles. The predicted molar refractivity (Wildman–Crippen MR) is 237 cm³/mol. The third-order valence-corrected chi connectivity index (χ3v) is 10.9. The summed E-state index contributed by atoms with van der Waals surface area (Å²) in [6.07, 6.45) is 7.81. The summed E-state index contributed by atoms with van der Waals surface area (Å²) in [4.78, 5) is 19.6. The monoisotopic (exact) mass is 742 g/mol. The standard InChI is InChI=1S/C52H34N6/c1-5-15-35(16-6-1)51-53-31-39(32-54-51)43-27-37-19-13-26-48-45(37)29-49(43)57(41-21-9-3-10-22-41)47-25-14-20-38-28-44(40-33-55-52(56-34-40)36-17-7-2-8-18-36)50(30-46(38)47)58(48)42-23-11-4-12-24-42/h1-34H. The van der Waals surface area contributed by atoms with Crippen molar-refractivity contribution < 1.29 is 0 Å². The van der Waals surface area contributed by atoms with E-state index in [-0.39, 0.29) is 0 Å². The van der Waals surface area contributed by atoms with Crippen LogP contribution in [0.3, 0.4) is 0 Å². The molecule has 0 unspecified atom stereocenters. The lowest BCUT2D eigenvalue weighted by molar-refractivity contribution is 1.14. The summed E-state index contributed by atoms with van der Waals surface area (Å²) < 4.78 is 4.77. The van der Waals surface area contributed by atoms with Gasteiger partial charge in [-0.1, -0.05) is 121 Å². The van der Waals surface area contributed by atoms with E-state index < -0.39 is 0 Å².